The maximum atomic E-state index is 12.7. The number of nitrogens with zero attached hydrogens (tertiary/aromatic N) is 2. The Morgan fingerprint density at radius 3 is 2.58 bits per heavy atom. The summed E-state index contributed by atoms with van der Waals surface area (Å²) in [6.45, 7) is 5.40. The van der Waals surface area contributed by atoms with Crippen LogP contribution in [0.15, 0.2) is 52.1 Å². The Bertz CT molecular complexity index is 1080. The van der Waals surface area contributed by atoms with Crippen LogP contribution in [0.5, 0.6) is 17.2 Å². The van der Waals surface area contributed by atoms with E-state index in [2.05, 4.69) is 29.4 Å². The number of nitrogens with one attached hydrogen (secondary N) is 1. The zero-order chi connectivity index (χ0) is 23.2. The van der Waals surface area contributed by atoms with Crippen molar-refractivity contribution < 1.29 is 23.4 Å². The van der Waals surface area contributed by atoms with E-state index in [4.69, 9.17) is 18.6 Å². The third-order valence-corrected chi connectivity index (χ3v) is 6.00. The van der Waals surface area contributed by atoms with E-state index < -0.39 is 0 Å². The second-order valence-corrected chi connectivity index (χ2v) is 8.86. The van der Waals surface area contributed by atoms with E-state index >= 15 is 0 Å². The van der Waals surface area contributed by atoms with E-state index in [1.165, 1.54) is 11.8 Å². The van der Waals surface area contributed by atoms with Crippen molar-refractivity contribution in [3.05, 3.63) is 48.0 Å². The average Bonchev–Trinajstić information content (AvgIpc) is 3.18. The van der Waals surface area contributed by atoms with Crippen molar-refractivity contribution in [1.82, 2.24) is 15.5 Å². The molecule has 2 aromatic carbocycles. The number of carbonyl (C=O) groups excluding carboxylic acids is 1. The normalized spacial score (nSPS) is 13.9. The van der Waals surface area contributed by atoms with E-state index in [1.807, 2.05) is 42.5 Å². The van der Waals surface area contributed by atoms with Crippen molar-refractivity contribution in [3.63, 3.8) is 0 Å². The van der Waals surface area contributed by atoms with Gasteiger partial charge in [0.2, 0.25) is 11.8 Å². The molecule has 3 aromatic rings. The van der Waals surface area contributed by atoms with Crippen LogP contribution in [0, 0.1) is 5.92 Å². The number of ether oxygens (including phenoxy) is 3. The molecule has 0 spiro atoms. The predicted molar refractivity (Wildman–Crippen MR) is 125 cm³/mol. The number of methoxy groups -OCH3 is 1. The van der Waals surface area contributed by atoms with Crippen LogP contribution in [0.2, 0.25) is 0 Å². The molecule has 0 bridgehead atoms. The molecule has 1 aliphatic rings. The minimum absolute atomic E-state index is 0.116. The van der Waals surface area contributed by atoms with Gasteiger partial charge in [-0.1, -0.05) is 31.7 Å². The zero-order valence-electron chi connectivity index (χ0n) is 18.9. The first-order chi connectivity index (χ1) is 16.0. The van der Waals surface area contributed by atoms with Gasteiger partial charge in [-0.25, -0.2) is 0 Å². The van der Waals surface area contributed by atoms with Crippen LogP contribution in [-0.2, 0) is 4.79 Å². The molecular formula is C24H27N3O5S. The van der Waals surface area contributed by atoms with Crippen LogP contribution in [-0.4, -0.2) is 42.2 Å². The summed E-state index contributed by atoms with van der Waals surface area (Å²) in [5.74, 6) is 2.84. The fourth-order valence-electron chi connectivity index (χ4n) is 3.47. The molecule has 0 radical (unpaired) electrons. The van der Waals surface area contributed by atoms with Gasteiger partial charge >= 0.3 is 0 Å². The molecule has 174 valence electrons. The summed E-state index contributed by atoms with van der Waals surface area (Å²) < 4.78 is 22.4. The van der Waals surface area contributed by atoms with Crippen LogP contribution >= 0.6 is 11.8 Å². The van der Waals surface area contributed by atoms with Gasteiger partial charge in [-0.2, -0.15) is 0 Å². The highest BCUT2D eigenvalue weighted by Crippen LogP contribution is 2.34. The van der Waals surface area contributed by atoms with Crippen molar-refractivity contribution in [2.75, 3.05) is 26.1 Å². The molecule has 0 saturated heterocycles. The topological polar surface area (TPSA) is 95.7 Å². The van der Waals surface area contributed by atoms with Gasteiger partial charge in [0.05, 0.1) is 32.1 Å². The lowest BCUT2D eigenvalue weighted by Gasteiger charge is -2.23. The molecule has 1 aromatic heterocycles. The smallest absolute Gasteiger partial charge is 0.277 e. The van der Waals surface area contributed by atoms with Crippen molar-refractivity contribution in [2.45, 2.75) is 31.5 Å². The van der Waals surface area contributed by atoms with Gasteiger partial charge < -0.3 is 23.9 Å². The molecule has 0 aliphatic carbocycles. The number of benzene rings is 2. The lowest BCUT2D eigenvalue weighted by molar-refractivity contribution is -0.119. The van der Waals surface area contributed by atoms with Gasteiger partial charge in [0.15, 0.2) is 11.5 Å². The standard InChI is InChI=1S/C24H27N3O5S/c1-15(2)22(17-7-10-19-20(13-17)31-12-4-11-30-19)25-21(28)14-33-24-27-26-23(32-24)16-5-8-18(29-3)9-6-16/h5-10,13,15,22H,4,11-12,14H2,1-3H3,(H,25,28)/t22-/m0/s1. The molecule has 1 amide bonds. The number of thioether (sulfide) groups is 1. The first-order valence-electron chi connectivity index (χ1n) is 10.8. The third kappa shape index (κ3) is 5.78. The molecule has 1 aliphatic heterocycles. The van der Waals surface area contributed by atoms with Crippen LogP contribution in [0.25, 0.3) is 11.5 Å². The summed E-state index contributed by atoms with van der Waals surface area (Å²) in [5, 5.41) is 11.6. The molecule has 4 rings (SSSR count). The highest BCUT2D eigenvalue weighted by atomic mass is 32.2. The molecule has 2 heterocycles. The van der Waals surface area contributed by atoms with Crippen molar-refractivity contribution in [2.24, 2.45) is 5.92 Å². The summed E-state index contributed by atoms with van der Waals surface area (Å²) in [4.78, 5) is 12.7. The molecule has 1 N–H and O–H groups in total. The van der Waals surface area contributed by atoms with Gasteiger partial charge in [0.1, 0.15) is 5.75 Å². The summed E-state index contributed by atoms with van der Waals surface area (Å²) in [7, 11) is 1.61. The minimum Gasteiger partial charge on any atom is -0.497 e. The number of aromatic nitrogens is 2. The average molecular weight is 470 g/mol. The van der Waals surface area contributed by atoms with Crippen LogP contribution in [0.3, 0.4) is 0 Å². The number of fused-ring (bicyclic) bond motifs is 1. The number of hydrogen-bond donors (Lipinski definition) is 1. The highest BCUT2D eigenvalue weighted by Gasteiger charge is 2.22. The zero-order valence-corrected chi connectivity index (χ0v) is 19.7. The molecule has 33 heavy (non-hydrogen) atoms. The molecule has 0 unspecified atom stereocenters. The number of amides is 1. The van der Waals surface area contributed by atoms with E-state index in [0.717, 1.165) is 34.8 Å². The maximum Gasteiger partial charge on any atom is 0.277 e. The molecule has 0 saturated carbocycles. The van der Waals surface area contributed by atoms with Crippen LogP contribution < -0.4 is 19.5 Å². The van der Waals surface area contributed by atoms with Gasteiger partial charge in [-0.05, 0) is 47.9 Å². The quantitative estimate of drug-likeness (QED) is 0.482. The lowest BCUT2D eigenvalue weighted by atomic mass is 9.95. The lowest BCUT2D eigenvalue weighted by Crippen LogP contribution is -2.33. The van der Waals surface area contributed by atoms with Gasteiger partial charge in [0.25, 0.3) is 5.22 Å². The Hall–Kier alpha value is -3.20. The molecular weight excluding hydrogens is 442 g/mol. The molecule has 9 heteroatoms. The summed E-state index contributed by atoms with van der Waals surface area (Å²) in [6, 6.07) is 13.0. The summed E-state index contributed by atoms with van der Waals surface area (Å²) in [5.41, 5.74) is 1.76. The monoisotopic (exact) mass is 469 g/mol. The minimum atomic E-state index is -0.159. The summed E-state index contributed by atoms with van der Waals surface area (Å²) >= 11 is 1.20. The number of hydrogen-bond acceptors (Lipinski definition) is 8. The maximum absolute atomic E-state index is 12.7. The molecule has 0 fully saturated rings. The van der Waals surface area contributed by atoms with Gasteiger partial charge in [-0.3, -0.25) is 4.79 Å². The van der Waals surface area contributed by atoms with Crippen molar-refractivity contribution >= 4 is 17.7 Å². The fraction of sp³-hybridized carbons (Fsp3) is 0.375. The second kappa shape index (κ2) is 10.6. The Labute approximate surface area is 197 Å². The van der Waals surface area contributed by atoms with E-state index in [-0.39, 0.29) is 23.6 Å². The Balaban J connectivity index is 1.37. The predicted octanol–water partition coefficient (Wildman–Crippen LogP) is 4.51. The Kier molecular flexibility index (Phi) is 7.39. The number of carbonyl (C=O) groups is 1. The summed E-state index contributed by atoms with van der Waals surface area (Å²) in [6.07, 6.45) is 0.849. The number of rotatable bonds is 8. The van der Waals surface area contributed by atoms with Gasteiger partial charge in [0, 0.05) is 12.0 Å². The molecule has 1 atom stereocenters. The fourth-order valence-corrected chi connectivity index (χ4v) is 4.04. The van der Waals surface area contributed by atoms with Crippen LogP contribution in [0.1, 0.15) is 31.9 Å². The van der Waals surface area contributed by atoms with E-state index in [9.17, 15) is 4.79 Å². The SMILES string of the molecule is COc1ccc(-c2nnc(SCC(=O)N[C@H](c3ccc4c(c3)OCCCO4)C(C)C)o2)cc1. The Morgan fingerprint density at radius 2 is 1.85 bits per heavy atom. The largest absolute Gasteiger partial charge is 0.497 e. The van der Waals surface area contributed by atoms with Gasteiger partial charge in [-0.15, -0.1) is 10.2 Å². The second-order valence-electron chi connectivity index (χ2n) is 7.94. The first kappa shape index (κ1) is 23.0. The van der Waals surface area contributed by atoms with E-state index in [0.29, 0.717) is 24.3 Å². The first-order valence-corrected chi connectivity index (χ1v) is 11.8. The van der Waals surface area contributed by atoms with Crippen molar-refractivity contribution in [1.29, 1.82) is 0 Å². The Morgan fingerprint density at radius 1 is 1.09 bits per heavy atom. The third-order valence-electron chi connectivity index (χ3n) is 5.18. The van der Waals surface area contributed by atoms with Crippen LogP contribution in [0.4, 0.5) is 0 Å². The van der Waals surface area contributed by atoms with Crippen molar-refractivity contribution in [3.8, 4) is 28.7 Å². The highest BCUT2D eigenvalue weighted by molar-refractivity contribution is 7.99. The van der Waals surface area contributed by atoms with E-state index in [1.54, 1.807) is 7.11 Å². The molecule has 8 nitrogen and oxygen atoms in total.